The number of nitrogens with one attached hydrogen (secondary N) is 2. The van der Waals surface area contributed by atoms with Crippen molar-refractivity contribution in [3.8, 4) is 0 Å². The van der Waals surface area contributed by atoms with E-state index in [2.05, 4.69) is 20.0 Å². The molecule has 0 unspecified atom stereocenters. The summed E-state index contributed by atoms with van der Waals surface area (Å²) >= 11 is 0. The lowest BCUT2D eigenvalue weighted by Gasteiger charge is -2.69. The summed E-state index contributed by atoms with van der Waals surface area (Å²) in [6, 6.07) is 0. The van der Waals surface area contributed by atoms with Crippen molar-refractivity contribution in [2.75, 3.05) is 0 Å². The zero-order valence-electron chi connectivity index (χ0n) is 15.6. The minimum absolute atomic E-state index is 0.0276. The molecule has 1 amide bonds. The van der Waals surface area contributed by atoms with Crippen molar-refractivity contribution in [3.05, 3.63) is 17.7 Å². The molecule has 1 heterocycles. The van der Waals surface area contributed by atoms with Crippen molar-refractivity contribution in [2.45, 2.75) is 87.8 Å². The highest BCUT2D eigenvalue weighted by atomic mass is 19.4. The molecule has 4 fully saturated rings. The van der Waals surface area contributed by atoms with Crippen LogP contribution in [-0.4, -0.2) is 39.7 Å². The van der Waals surface area contributed by atoms with Crippen molar-refractivity contribution in [2.24, 2.45) is 0 Å². The molecule has 2 bridgehead atoms. The van der Waals surface area contributed by atoms with Crippen LogP contribution in [0.25, 0.3) is 0 Å². The van der Waals surface area contributed by atoms with Gasteiger partial charge < -0.3 is 15.0 Å². The molecule has 1 aromatic rings. The highest BCUT2D eigenvalue weighted by molar-refractivity contribution is 5.70. The molecule has 6 nitrogen and oxygen atoms in total. The average Bonchev–Trinajstić information content (AvgIpc) is 2.81. The van der Waals surface area contributed by atoms with E-state index in [4.69, 9.17) is 4.74 Å². The van der Waals surface area contributed by atoms with E-state index in [0.717, 1.165) is 30.8 Å². The van der Waals surface area contributed by atoms with Crippen LogP contribution in [0.2, 0.25) is 0 Å². The third-order valence-electron chi connectivity index (χ3n) is 5.73. The summed E-state index contributed by atoms with van der Waals surface area (Å²) < 4.78 is 46.0. The van der Waals surface area contributed by atoms with Gasteiger partial charge in [-0.25, -0.2) is 9.78 Å². The number of hydrogen-bond acceptors (Lipinski definition) is 4. The number of aromatic amines is 1. The maximum absolute atomic E-state index is 12.2. The molecule has 0 aliphatic heterocycles. The highest BCUT2D eigenvalue weighted by Crippen LogP contribution is 2.67. The van der Waals surface area contributed by atoms with Crippen LogP contribution in [0.3, 0.4) is 0 Å². The molecular weight excluding hydrogens is 363 g/mol. The second kappa shape index (κ2) is 5.62. The standard InChI is InChI=1S/C18H24F3N3O3/c1-15(2,3)27-14(25)24-17-7-16(8-17,9-17)13-22-6-12(23-13)10-4-11(5-10)26-18(19,20)21/h6,10-11H,4-5,7-9H2,1-3H3,(H,22,23)(H,24,25). The fourth-order valence-corrected chi connectivity index (χ4v) is 4.61. The van der Waals surface area contributed by atoms with Gasteiger partial charge in [0.25, 0.3) is 0 Å². The number of carbonyl (C=O) groups is 1. The molecule has 0 saturated heterocycles. The number of amides is 1. The quantitative estimate of drug-likeness (QED) is 0.822. The first-order valence-corrected chi connectivity index (χ1v) is 9.18. The third kappa shape index (κ3) is 3.53. The van der Waals surface area contributed by atoms with E-state index >= 15 is 0 Å². The molecule has 1 aromatic heterocycles. The zero-order valence-corrected chi connectivity index (χ0v) is 15.6. The molecule has 0 atom stereocenters. The second-order valence-electron chi connectivity index (χ2n) is 9.26. The van der Waals surface area contributed by atoms with Crippen molar-refractivity contribution < 1.29 is 27.4 Å². The number of aromatic nitrogens is 2. The van der Waals surface area contributed by atoms with Crippen molar-refractivity contribution in [3.63, 3.8) is 0 Å². The van der Waals surface area contributed by atoms with E-state index < -0.39 is 24.2 Å². The van der Waals surface area contributed by atoms with Gasteiger partial charge in [-0.1, -0.05) is 0 Å². The van der Waals surface area contributed by atoms with Crippen LogP contribution in [-0.2, 0) is 14.9 Å². The lowest BCUT2D eigenvalue weighted by Crippen LogP contribution is -2.77. The predicted octanol–water partition coefficient (Wildman–Crippen LogP) is 3.89. The number of alkyl carbamates (subject to hydrolysis) is 1. The van der Waals surface area contributed by atoms with Crippen molar-refractivity contribution in [1.82, 2.24) is 15.3 Å². The first-order chi connectivity index (χ1) is 12.4. The normalized spacial score (nSPS) is 34.9. The van der Waals surface area contributed by atoms with Gasteiger partial charge in [0.15, 0.2) is 0 Å². The van der Waals surface area contributed by atoms with E-state index in [0.29, 0.717) is 12.8 Å². The van der Waals surface area contributed by atoms with E-state index in [1.807, 2.05) is 20.8 Å². The van der Waals surface area contributed by atoms with Crippen LogP contribution in [0, 0.1) is 0 Å². The van der Waals surface area contributed by atoms with Gasteiger partial charge in [0, 0.05) is 28.8 Å². The van der Waals surface area contributed by atoms with E-state index in [1.165, 1.54) is 0 Å². The minimum atomic E-state index is -4.57. The van der Waals surface area contributed by atoms with Gasteiger partial charge in [0.05, 0.1) is 6.10 Å². The fourth-order valence-electron chi connectivity index (χ4n) is 4.61. The Hall–Kier alpha value is -1.77. The van der Waals surface area contributed by atoms with Gasteiger partial charge in [-0.15, -0.1) is 13.2 Å². The number of carbonyl (C=O) groups excluding carboxylic acids is 1. The highest BCUT2D eigenvalue weighted by Gasteiger charge is 2.70. The van der Waals surface area contributed by atoms with Gasteiger partial charge in [0.1, 0.15) is 11.4 Å². The predicted molar refractivity (Wildman–Crippen MR) is 89.1 cm³/mol. The number of H-pyrrole nitrogens is 1. The van der Waals surface area contributed by atoms with Crippen LogP contribution in [0.1, 0.15) is 70.3 Å². The van der Waals surface area contributed by atoms with Gasteiger partial charge >= 0.3 is 12.5 Å². The van der Waals surface area contributed by atoms with Gasteiger partial charge in [0.2, 0.25) is 0 Å². The maximum atomic E-state index is 12.2. The van der Waals surface area contributed by atoms with Gasteiger partial charge in [-0.05, 0) is 52.9 Å². The molecular formula is C18H24F3N3O3. The molecule has 150 valence electrons. The summed E-state index contributed by atoms with van der Waals surface area (Å²) in [5, 5.41) is 2.96. The Morgan fingerprint density at radius 3 is 2.44 bits per heavy atom. The van der Waals surface area contributed by atoms with E-state index in [9.17, 15) is 18.0 Å². The molecule has 9 heteroatoms. The van der Waals surface area contributed by atoms with Crippen LogP contribution in [0.4, 0.5) is 18.0 Å². The number of nitrogens with zero attached hydrogens (tertiary/aromatic N) is 1. The monoisotopic (exact) mass is 387 g/mol. The van der Waals surface area contributed by atoms with Crippen LogP contribution in [0.5, 0.6) is 0 Å². The first kappa shape index (κ1) is 18.6. The molecule has 0 spiro atoms. The Morgan fingerprint density at radius 2 is 1.89 bits per heavy atom. The summed E-state index contributed by atoms with van der Waals surface area (Å²) in [7, 11) is 0. The van der Waals surface area contributed by atoms with Gasteiger partial charge in [-0.2, -0.15) is 0 Å². The van der Waals surface area contributed by atoms with E-state index in [-0.39, 0.29) is 16.9 Å². The van der Waals surface area contributed by atoms with E-state index in [1.54, 1.807) is 6.20 Å². The maximum Gasteiger partial charge on any atom is 0.522 e. The number of halogens is 3. The first-order valence-electron chi connectivity index (χ1n) is 9.18. The van der Waals surface area contributed by atoms with Gasteiger partial charge in [-0.3, -0.25) is 4.74 Å². The lowest BCUT2D eigenvalue weighted by molar-refractivity contribution is -0.351. The summed E-state index contributed by atoms with van der Waals surface area (Å²) in [5.41, 5.74) is 0.0689. The Balaban J connectivity index is 1.28. The Labute approximate surface area is 155 Å². The summed E-state index contributed by atoms with van der Waals surface area (Å²) in [6.07, 6.45) is -0.923. The van der Waals surface area contributed by atoms with Crippen LogP contribution >= 0.6 is 0 Å². The lowest BCUT2D eigenvalue weighted by atomic mass is 9.39. The number of hydrogen-bond donors (Lipinski definition) is 2. The molecule has 0 radical (unpaired) electrons. The molecule has 4 aliphatic carbocycles. The number of rotatable bonds is 4. The van der Waals surface area contributed by atoms with Crippen LogP contribution in [0.15, 0.2) is 6.20 Å². The molecule has 27 heavy (non-hydrogen) atoms. The third-order valence-corrected chi connectivity index (χ3v) is 5.73. The summed E-state index contributed by atoms with van der Waals surface area (Å²) in [6.45, 7) is 5.47. The molecule has 2 N–H and O–H groups in total. The second-order valence-corrected chi connectivity index (χ2v) is 9.26. The molecule has 0 aromatic carbocycles. The molecule has 5 rings (SSSR count). The number of imidazole rings is 1. The SMILES string of the molecule is CC(C)(C)OC(=O)NC12CC(c3ncc(C4CC(OC(F)(F)F)C4)[nH]3)(C1)C2. The fraction of sp³-hybridized carbons (Fsp3) is 0.778. The Kier molecular flexibility index (Phi) is 3.87. The van der Waals surface area contributed by atoms with Crippen LogP contribution < -0.4 is 5.32 Å². The number of ether oxygens (including phenoxy) is 2. The topological polar surface area (TPSA) is 76.2 Å². The Morgan fingerprint density at radius 1 is 1.26 bits per heavy atom. The molecule has 4 aliphatic rings. The Bertz CT molecular complexity index is 727. The number of alkyl halides is 3. The zero-order chi connectivity index (χ0) is 19.7. The average molecular weight is 387 g/mol. The van der Waals surface area contributed by atoms with Crippen molar-refractivity contribution >= 4 is 6.09 Å². The smallest absolute Gasteiger partial charge is 0.444 e. The summed E-state index contributed by atoms with van der Waals surface area (Å²) in [4.78, 5) is 19.7. The summed E-state index contributed by atoms with van der Waals surface area (Å²) in [5.74, 6) is 0.894. The largest absolute Gasteiger partial charge is 0.522 e. The minimum Gasteiger partial charge on any atom is -0.444 e. The van der Waals surface area contributed by atoms with Crippen molar-refractivity contribution in [1.29, 1.82) is 0 Å². The molecule has 4 saturated carbocycles.